The van der Waals surface area contributed by atoms with Gasteiger partial charge in [-0.1, -0.05) is 18.2 Å². The largest absolute Gasteiger partial charge is 0.366 e. The maximum Gasteiger partial charge on any atom is 0.0991 e. The molecule has 0 saturated carbocycles. The molecule has 142 valence electrons. The molecule has 5 heteroatoms. The van der Waals surface area contributed by atoms with E-state index in [0.717, 1.165) is 34.9 Å². The maximum absolute atomic E-state index is 8.93. The van der Waals surface area contributed by atoms with Gasteiger partial charge in [0.2, 0.25) is 0 Å². The summed E-state index contributed by atoms with van der Waals surface area (Å²) < 4.78 is 0. The molecule has 4 nitrogen and oxygen atoms in total. The number of aryl methyl sites for hydroxylation is 2. The first-order valence-corrected chi connectivity index (χ1v) is 10.2. The fourth-order valence-corrected chi connectivity index (χ4v) is 3.66. The minimum absolute atomic E-state index is 0.665. The Morgan fingerprint density at radius 3 is 2.61 bits per heavy atom. The van der Waals surface area contributed by atoms with Gasteiger partial charge in [0.1, 0.15) is 0 Å². The molecule has 3 rings (SSSR count). The number of aliphatic imine (C=N–C) groups is 1. The monoisotopic (exact) mass is 388 g/mol. The third-order valence-electron chi connectivity index (χ3n) is 4.75. The van der Waals surface area contributed by atoms with E-state index in [-0.39, 0.29) is 0 Å². The maximum atomic E-state index is 8.93. The van der Waals surface area contributed by atoms with Gasteiger partial charge < -0.3 is 4.90 Å². The molecule has 0 N–H and O–H groups in total. The molecule has 0 amide bonds. The molecule has 1 heterocycles. The number of nitriles is 1. The molecule has 2 aromatic carbocycles. The first-order valence-electron chi connectivity index (χ1n) is 9.29. The zero-order valence-corrected chi connectivity index (χ0v) is 17.5. The molecule has 0 atom stereocenters. The van der Waals surface area contributed by atoms with Crippen LogP contribution in [0, 0.1) is 25.2 Å². The molecule has 0 radical (unpaired) electrons. The van der Waals surface area contributed by atoms with Gasteiger partial charge in [-0.2, -0.15) is 5.26 Å². The van der Waals surface area contributed by atoms with E-state index in [2.05, 4.69) is 54.2 Å². The van der Waals surface area contributed by atoms with Crippen LogP contribution in [0.5, 0.6) is 0 Å². The Bertz CT molecular complexity index is 1030. The summed E-state index contributed by atoms with van der Waals surface area (Å²) in [7, 11) is 2.02. The molecule has 0 aliphatic rings. The van der Waals surface area contributed by atoms with E-state index < -0.39 is 0 Å². The van der Waals surface area contributed by atoms with E-state index in [4.69, 9.17) is 10.2 Å². The lowest BCUT2D eigenvalue weighted by molar-refractivity contribution is 0.552. The second kappa shape index (κ2) is 8.81. The van der Waals surface area contributed by atoms with E-state index >= 15 is 0 Å². The van der Waals surface area contributed by atoms with Gasteiger partial charge in [0.15, 0.2) is 0 Å². The lowest BCUT2D eigenvalue weighted by Crippen LogP contribution is -2.14. The van der Waals surface area contributed by atoms with Crippen molar-refractivity contribution in [1.29, 1.82) is 5.26 Å². The zero-order valence-electron chi connectivity index (χ0n) is 16.7. The summed E-state index contributed by atoms with van der Waals surface area (Å²) in [5.41, 5.74) is 7.36. The van der Waals surface area contributed by atoms with Crippen LogP contribution in [0.4, 0.5) is 5.69 Å². The number of hydrogen-bond donors (Lipinski definition) is 0. The number of benzene rings is 2. The molecule has 1 aromatic heterocycles. The van der Waals surface area contributed by atoms with Crippen LogP contribution in [0.15, 0.2) is 46.8 Å². The highest BCUT2D eigenvalue weighted by Gasteiger charge is 2.09. The quantitative estimate of drug-likeness (QED) is 0.414. The summed E-state index contributed by atoms with van der Waals surface area (Å²) >= 11 is 1.67. The lowest BCUT2D eigenvalue weighted by atomic mass is 10.0. The summed E-state index contributed by atoms with van der Waals surface area (Å²) in [6, 6.07) is 14.1. The van der Waals surface area contributed by atoms with E-state index in [9.17, 15) is 0 Å². The van der Waals surface area contributed by atoms with Gasteiger partial charge >= 0.3 is 0 Å². The van der Waals surface area contributed by atoms with Crippen molar-refractivity contribution in [3.05, 3.63) is 69.0 Å². The van der Waals surface area contributed by atoms with Crippen LogP contribution in [0.25, 0.3) is 11.3 Å². The van der Waals surface area contributed by atoms with Crippen molar-refractivity contribution >= 4 is 23.4 Å². The minimum Gasteiger partial charge on any atom is -0.366 e. The van der Waals surface area contributed by atoms with E-state index in [0.29, 0.717) is 5.56 Å². The first kappa shape index (κ1) is 19.8. The Kier molecular flexibility index (Phi) is 6.23. The summed E-state index contributed by atoms with van der Waals surface area (Å²) in [4.78, 5) is 11.5. The van der Waals surface area contributed by atoms with E-state index in [1.807, 2.05) is 37.7 Å². The molecule has 0 bridgehead atoms. The van der Waals surface area contributed by atoms with Gasteiger partial charge in [0, 0.05) is 31.0 Å². The predicted molar refractivity (Wildman–Crippen MR) is 117 cm³/mol. The Morgan fingerprint density at radius 2 is 1.93 bits per heavy atom. The molecule has 0 unspecified atom stereocenters. The van der Waals surface area contributed by atoms with E-state index in [1.165, 1.54) is 16.7 Å². The summed E-state index contributed by atoms with van der Waals surface area (Å²) in [5.74, 6) is 0. The highest BCUT2D eigenvalue weighted by Crippen LogP contribution is 2.28. The summed E-state index contributed by atoms with van der Waals surface area (Å²) in [5, 5.41) is 12.1. The van der Waals surface area contributed by atoms with Gasteiger partial charge in [0.25, 0.3) is 0 Å². The van der Waals surface area contributed by atoms with Crippen LogP contribution in [0.1, 0.15) is 34.2 Å². The molecular weight excluding hydrogens is 364 g/mol. The zero-order chi connectivity index (χ0) is 20.1. The normalized spacial score (nSPS) is 11.0. The van der Waals surface area contributed by atoms with Gasteiger partial charge in [-0.3, -0.25) is 0 Å². The average molecular weight is 389 g/mol. The summed E-state index contributed by atoms with van der Waals surface area (Å²) in [6.07, 6.45) is 2.69. The fourth-order valence-electron chi connectivity index (χ4n) is 2.84. The highest BCUT2D eigenvalue weighted by molar-refractivity contribution is 7.10. The molecule has 0 aliphatic carbocycles. The van der Waals surface area contributed by atoms with Crippen LogP contribution in [-0.4, -0.2) is 29.8 Å². The molecule has 0 fully saturated rings. The third kappa shape index (κ3) is 4.65. The van der Waals surface area contributed by atoms with Crippen molar-refractivity contribution in [1.82, 2.24) is 9.88 Å². The third-order valence-corrected chi connectivity index (χ3v) is 5.60. The number of hydrogen-bond acceptors (Lipinski definition) is 4. The molecule has 0 saturated heterocycles. The Labute approximate surface area is 170 Å². The second-order valence-corrected chi connectivity index (χ2v) is 7.82. The van der Waals surface area contributed by atoms with Gasteiger partial charge in [-0.15, -0.1) is 11.3 Å². The van der Waals surface area contributed by atoms with Gasteiger partial charge in [0.05, 0.1) is 34.4 Å². The molecule has 28 heavy (non-hydrogen) atoms. The molecule has 0 aliphatic heterocycles. The molecule has 0 spiro atoms. The summed E-state index contributed by atoms with van der Waals surface area (Å²) in [6.45, 7) is 7.27. The SMILES string of the molecule is CCN(C)/C=N/c1cc(C)c(Cc2nc(-c3ccc(C#N)cc3)cs2)cc1C. The lowest BCUT2D eigenvalue weighted by Gasteiger charge is -2.11. The van der Waals surface area contributed by atoms with Gasteiger partial charge in [-0.05, 0) is 55.7 Å². The average Bonchev–Trinajstić information content (AvgIpc) is 3.17. The topological polar surface area (TPSA) is 52.3 Å². The first-order chi connectivity index (χ1) is 13.5. The van der Waals surface area contributed by atoms with Crippen molar-refractivity contribution < 1.29 is 0 Å². The van der Waals surface area contributed by atoms with Gasteiger partial charge in [-0.25, -0.2) is 9.98 Å². The highest BCUT2D eigenvalue weighted by atomic mass is 32.1. The number of nitrogens with zero attached hydrogens (tertiary/aromatic N) is 4. The standard InChI is InChI=1S/C23H24N4S/c1-5-27(4)15-25-21-11-16(2)20(10-17(21)3)12-23-26-22(14-28-23)19-8-6-18(13-24)7-9-19/h6-11,14-15H,5,12H2,1-4H3/b25-15+. The Hall–Kier alpha value is -2.97. The number of thiazole rings is 1. The second-order valence-electron chi connectivity index (χ2n) is 6.88. The number of aromatic nitrogens is 1. The smallest absolute Gasteiger partial charge is 0.0991 e. The Balaban J connectivity index is 1.78. The molecule has 3 aromatic rings. The van der Waals surface area contributed by atoms with Crippen molar-refractivity contribution in [3.8, 4) is 17.3 Å². The van der Waals surface area contributed by atoms with Crippen LogP contribution >= 0.6 is 11.3 Å². The molecular formula is C23H24N4S. The van der Waals surface area contributed by atoms with Crippen LogP contribution < -0.4 is 0 Å². The minimum atomic E-state index is 0.665. The van der Waals surface area contributed by atoms with Crippen LogP contribution in [-0.2, 0) is 6.42 Å². The fraction of sp³-hybridized carbons (Fsp3) is 0.261. The Morgan fingerprint density at radius 1 is 1.18 bits per heavy atom. The predicted octanol–water partition coefficient (Wildman–Crippen LogP) is 5.50. The van der Waals surface area contributed by atoms with Crippen LogP contribution in [0.3, 0.4) is 0 Å². The van der Waals surface area contributed by atoms with Crippen molar-refractivity contribution in [2.45, 2.75) is 27.2 Å². The van der Waals surface area contributed by atoms with Crippen molar-refractivity contribution in [3.63, 3.8) is 0 Å². The van der Waals surface area contributed by atoms with Crippen molar-refractivity contribution in [2.75, 3.05) is 13.6 Å². The van der Waals surface area contributed by atoms with Crippen LogP contribution in [0.2, 0.25) is 0 Å². The van der Waals surface area contributed by atoms with Crippen molar-refractivity contribution in [2.24, 2.45) is 4.99 Å². The van der Waals surface area contributed by atoms with E-state index in [1.54, 1.807) is 11.3 Å². The number of rotatable bonds is 6.